The first-order chi connectivity index (χ1) is 8.18. The first-order valence-electron chi connectivity index (χ1n) is 5.59. The van der Waals surface area contributed by atoms with Crippen LogP contribution in [0.5, 0.6) is 0 Å². The van der Waals surface area contributed by atoms with Crippen LogP contribution < -0.4 is 5.32 Å². The maximum Gasteiger partial charge on any atom is 0.333 e. The van der Waals surface area contributed by atoms with Crippen LogP contribution in [-0.2, 0) is 14.3 Å². The lowest BCUT2D eigenvalue weighted by atomic mass is 9.96. The van der Waals surface area contributed by atoms with E-state index in [0.29, 0.717) is 6.42 Å². The van der Waals surface area contributed by atoms with Gasteiger partial charge in [-0.2, -0.15) is 0 Å². The van der Waals surface area contributed by atoms with Crippen LogP contribution in [0.2, 0.25) is 0 Å². The summed E-state index contributed by atoms with van der Waals surface area (Å²) in [7, 11) is 2.95. The molecule has 1 aromatic rings. The molecule has 4 nitrogen and oxygen atoms in total. The van der Waals surface area contributed by atoms with Crippen LogP contribution in [0.3, 0.4) is 0 Å². The average molecular weight is 237 g/mol. The van der Waals surface area contributed by atoms with Crippen LogP contribution in [0.25, 0.3) is 0 Å². The second-order valence-corrected chi connectivity index (χ2v) is 3.85. The molecule has 0 fully saturated rings. The predicted molar refractivity (Wildman–Crippen MR) is 67.0 cm³/mol. The van der Waals surface area contributed by atoms with Crippen molar-refractivity contribution in [2.45, 2.75) is 18.9 Å². The topological polar surface area (TPSA) is 47.6 Å². The fourth-order valence-electron chi connectivity index (χ4n) is 1.72. The highest BCUT2D eigenvalue weighted by Gasteiger charge is 2.38. The van der Waals surface area contributed by atoms with E-state index in [9.17, 15) is 4.79 Å². The molecule has 0 aliphatic rings. The largest absolute Gasteiger partial charge is 0.467 e. The minimum atomic E-state index is -0.829. The fourth-order valence-corrected chi connectivity index (χ4v) is 1.72. The Balaban J connectivity index is 2.93. The van der Waals surface area contributed by atoms with Crippen LogP contribution >= 0.6 is 0 Å². The van der Waals surface area contributed by atoms with Crippen LogP contribution in [0.1, 0.15) is 13.3 Å². The Kier molecular flexibility index (Phi) is 4.97. The Morgan fingerprint density at radius 3 is 2.41 bits per heavy atom. The Bertz CT molecular complexity index is 353. The summed E-state index contributed by atoms with van der Waals surface area (Å²) in [6.45, 7) is 2.19. The second kappa shape index (κ2) is 6.25. The smallest absolute Gasteiger partial charge is 0.333 e. The van der Waals surface area contributed by atoms with E-state index in [1.54, 1.807) is 7.11 Å². The van der Waals surface area contributed by atoms with Crippen molar-refractivity contribution in [3.05, 3.63) is 30.3 Å². The molecule has 0 spiro atoms. The van der Waals surface area contributed by atoms with Crippen molar-refractivity contribution in [2.24, 2.45) is 0 Å². The summed E-state index contributed by atoms with van der Waals surface area (Å²) < 4.78 is 9.98. The highest BCUT2D eigenvalue weighted by Crippen LogP contribution is 2.20. The van der Waals surface area contributed by atoms with Gasteiger partial charge in [0, 0.05) is 12.8 Å². The number of anilines is 1. The minimum absolute atomic E-state index is 0.269. The molecule has 1 aromatic carbocycles. The van der Waals surface area contributed by atoms with E-state index in [-0.39, 0.29) is 12.6 Å². The summed E-state index contributed by atoms with van der Waals surface area (Å²) in [6.07, 6.45) is 0.586. The SMILES string of the molecule is CCC(COC)(Nc1ccccc1)C(=O)OC. The molecule has 0 saturated carbocycles. The summed E-state index contributed by atoms with van der Waals surface area (Å²) in [4.78, 5) is 11.9. The first kappa shape index (κ1) is 13.5. The van der Waals surface area contributed by atoms with Gasteiger partial charge in [0.05, 0.1) is 13.7 Å². The molecule has 0 aliphatic carbocycles. The summed E-state index contributed by atoms with van der Waals surface area (Å²) in [6, 6.07) is 9.55. The van der Waals surface area contributed by atoms with Gasteiger partial charge in [0.1, 0.15) is 0 Å². The summed E-state index contributed by atoms with van der Waals surface area (Å²) in [5.74, 6) is -0.314. The number of hydrogen-bond acceptors (Lipinski definition) is 4. The zero-order chi connectivity index (χ0) is 12.7. The molecular formula is C13H19NO3. The van der Waals surface area contributed by atoms with Crippen molar-refractivity contribution in [3.63, 3.8) is 0 Å². The summed E-state index contributed by atoms with van der Waals surface area (Å²) >= 11 is 0. The van der Waals surface area contributed by atoms with Crippen molar-refractivity contribution >= 4 is 11.7 Å². The van der Waals surface area contributed by atoms with E-state index < -0.39 is 5.54 Å². The van der Waals surface area contributed by atoms with E-state index >= 15 is 0 Å². The molecule has 0 amide bonds. The van der Waals surface area contributed by atoms with Crippen molar-refractivity contribution in [1.29, 1.82) is 0 Å². The van der Waals surface area contributed by atoms with Crippen molar-refractivity contribution in [2.75, 3.05) is 26.1 Å². The van der Waals surface area contributed by atoms with Crippen LogP contribution in [0, 0.1) is 0 Å². The zero-order valence-electron chi connectivity index (χ0n) is 10.5. The maximum atomic E-state index is 11.9. The van der Waals surface area contributed by atoms with E-state index in [0.717, 1.165) is 5.69 Å². The third-order valence-electron chi connectivity index (χ3n) is 2.73. The van der Waals surface area contributed by atoms with E-state index in [1.807, 2.05) is 37.3 Å². The number of carbonyl (C=O) groups is 1. The quantitative estimate of drug-likeness (QED) is 0.769. The first-order valence-corrected chi connectivity index (χ1v) is 5.59. The molecule has 1 rings (SSSR count). The van der Waals surface area contributed by atoms with Gasteiger partial charge in [-0.15, -0.1) is 0 Å². The van der Waals surface area contributed by atoms with Gasteiger partial charge in [0.15, 0.2) is 5.54 Å². The molecule has 4 heteroatoms. The van der Waals surface area contributed by atoms with Crippen LogP contribution in [0.4, 0.5) is 5.69 Å². The van der Waals surface area contributed by atoms with Gasteiger partial charge >= 0.3 is 5.97 Å². The average Bonchev–Trinajstić information content (AvgIpc) is 2.38. The number of esters is 1. The number of ether oxygens (including phenoxy) is 2. The standard InChI is InChI=1S/C13H19NO3/c1-4-13(10-16-2,12(15)17-3)14-11-8-6-5-7-9-11/h5-9,14H,4,10H2,1-3H3. The molecule has 1 N–H and O–H groups in total. The highest BCUT2D eigenvalue weighted by atomic mass is 16.5. The molecule has 17 heavy (non-hydrogen) atoms. The Hall–Kier alpha value is -1.55. The number of hydrogen-bond donors (Lipinski definition) is 1. The van der Waals surface area contributed by atoms with Crippen molar-refractivity contribution in [1.82, 2.24) is 0 Å². The number of benzene rings is 1. The number of methoxy groups -OCH3 is 2. The lowest BCUT2D eigenvalue weighted by Crippen LogP contribution is -2.50. The van der Waals surface area contributed by atoms with Gasteiger partial charge < -0.3 is 14.8 Å². The molecule has 0 saturated heterocycles. The molecule has 1 atom stereocenters. The number of rotatable bonds is 6. The number of carbonyl (C=O) groups excluding carboxylic acids is 1. The molecule has 0 radical (unpaired) electrons. The third kappa shape index (κ3) is 3.20. The Morgan fingerprint density at radius 2 is 1.94 bits per heavy atom. The normalized spacial score (nSPS) is 13.8. The van der Waals surface area contributed by atoms with Gasteiger partial charge in [0.25, 0.3) is 0 Å². The van der Waals surface area contributed by atoms with Crippen molar-refractivity contribution < 1.29 is 14.3 Å². The minimum Gasteiger partial charge on any atom is -0.467 e. The summed E-state index contributed by atoms with van der Waals surface area (Å²) in [5, 5.41) is 3.19. The second-order valence-electron chi connectivity index (χ2n) is 3.85. The van der Waals surface area contributed by atoms with Crippen molar-refractivity contribution in [3.8, 4) is 0 Å². The predicted octanol–water partition coefficient (Wildman–Crippen LogP) is 2.07. The molecule has 1 unspecified atom stereocenters. The Morgan fingerprint density at radius 1 is 1.29 bits per heavy atom. The Labute approximate surface area is 102 Å². The molecular weight excluding hydrogens is 218 g/mol. The summed E-state index contributed by atoms with van der Waals surface area (Å²) in [5.41, 5.74) is 0.0435. The van der Waals surface area contributed by atoms with Gasteiger partial charge in [-0.3, -0.25) is 0 Å². The lowest BCUT2D eigenvalue weighted by molar-refractivity contribution is -0.148. The van der Waals surface area contributed by atoms with E-state index in [1.165, 1.54) is 7.11 Å². The molecule has 94 valence electrons. The third-order valence-corrected chi connectivity index (χ3v) is 2.73. The fraction of sp³-hybridized carbons (Fsp3) is 0.462. The number of para-hydroxylation sites is 1. The van der Waals surface area contributed by atoms with Gasteiger partial charge in [-0.05, 0) is 18.6 Å². The zero-order valence-corrected chi connectivity index (χ0v) is 10.5. The highest BCUT2D eigenvalue weighted by molar-refractivity contribution is 5.84. The molecule has 0 aliphatic heterocycles. The molecule has 0 heterocycles. The molecule has 0 bridgehead atoms. The van der Waals surface area contributed by atoms with E-state index in [2.05, 4.69) is 5.32 Å². The van der Waals surface area contributed by atoms with Crippen LogP contribution in [0.15, 0.2) is 30.3 Å². The van der Waals surface area contributed by atoms with Crippen LogP contribution in [-0.4, -0.2) is 32.3 Å². The van der Waals surface area contributed by atoms with Gasteiger partial charge in [-0.1, -0.05) is 25.1 Å². The number of nitrogens with one attached hydrogen (secondary N) is 1. The monoisotopic (exact) mass is 237 g/mol. The van der Waals surface area contributed by atoms with E-state index in [4.69, 9.17) is 9.47 Å². The maximum absolute atomic E-state index is 11.9. The van der Waals surface area contributed by atoms with Gasteiger partial charge in [-0.25, -0.2) is 4.79 Å². The van der Waals surface area contributed by atoms with Gasteiger partial charge in [0.2, 0.25) is 0 Å². The lowest BCUT2D eigenvalue weighted by Gasteiger charge is -2.31. The molecule has 0 aromatic heterocycles.